The van der Waals surface area contributed by atoms with Gasteiger partial charge in [0.15, 0.2) is 0 Å². The highest BCUT2D eigenvalue weighted by atomic mass is 16.4. The Balaban J connectivity index is 4.71. The van der Waals surface area contributed by atoms with Crippen LogP contribution in [0.3, 0.4) is 0 Å². The van der Waals surface area contributed by atoms with E-state index in [-0.39, 0.29) is 0 Å². The van der Waals surface area contributed by atoms with Gasteiger partial charge in [-0.25, -0.2) is 4.79 Å². The Bertz CT molecular complexity index is 521. The molecule has 4 nitrogen and oxygen atoms in total. The molecule has 0 aliphatic heterocycles. The van der Waals surface area contributed by atoms with E-state index in [1.54, 1.807) is 12.2 Å². The van der Waals surface area contributed by atoms with Gasteiger partial charge in [-0.2, -0.15) is 0 Å². The Labute approximate surface area is 138 Å². The first-order valence-corrected chi connectivity index (χ1v) is 7.75. The second kappa shape index (κ2) is 11.6. The van der Waals surface area contributed by atoms with Crippen LogP contribution in [0.25, 0.3) is 0 Å². The van der Waals surface area contributed by atoms with Crippen molar-refractivity contribution >= 4 is 5.97 Å². The molecule has 0 saturated heterocycles. The Morgan fingerprint density at radius 1 is 1.00 bits per heavy atom. The molecule has 0 saturated carbocycles. The van der Waals surface area contributed by atoms with E-state index < -0.39 is 18.2 Å². The van der Waals surface area contributed by atoms with Crippen molar-refractivity contribution in [1.29, 1.82) is 0 Å². The number of carbonyl (C=O) groups is 1. The van der Waals surface area contributed by atoms with Crippen LogP contribution in [0, 0.1) is 0 Å². The molecule has 0 bridgehead atoms. The van der Waals surface area contributed by atoms with Crippen LogP contribution < -0.4 is 0 Å². The largest absolute Gasteiger partial charge is 0.478 e. The van der Waals surface area contributed by atoms with Crippen LogP contribution in [0.5, 0.6) is 0 Å². The minimum atomic E-state index is -0.969. The summed E-state index contributed by atoms with van der Waals surface area (Å²) >= 11 is 0. The molecule has 0 aromatic rings. The number of hydrogen-bond acceptors (Lipinski definition) is 3. The van der Waals surface area contributed by atoms with Crippen molar-refractivity contribution in [3.05, 3.63) is 59.3 Å². The average molecular weight is 320 g/mol. The maximum Gasteiger partial charge on any atom is 0.328 e. The first-order chi connectivity index (χ1) is 10.8. The van der Waals surface area contributed by atoms with Crippen molar-refractivity contribution in [1.82, 2.24) is 0 Å². The lowest BCUT2D eigenvalue weighted by atomic mass is 10.1. The molecule has 0 aliphatic rings. The Morgan fingerprint density at radius 2 is 1.65 bits per heavy atom. The third-order valence-corrected chi connectivity index (χ3v) is 3.07. The number of allylic oxidation sites excluding steroid dienone is 8. The maximum absolute atomic E-state index is 10.4. The van der Waals surface area contributed by atoms with Gasteiger partial charge in [-0.1, -0.05) is 66.5 Å². The molecule has 0 spiro atoms. The van der Waals surface area contributed by atoms with Gasteiger partial charge in [0.05, 0.1) is 12.2 Å². The number of aliphatic carboxylic acids is 1. The molecule has 3 N–H and O–H groups in total. The topological polar surface area (TPSA) is 77.8 Å². The fraction of sp³-hybridized carbons (Fsp3) is 0.421. The molecule has 0 amide bonds. The van der Waals surface area contributed by atoms with E-state index >= 15 is 0 Å². The monoisotopic (exact) mass is 320 g/mol. The molecule has 4 heteroatoms. The van der Waals surface area contributed by atoms with Crippen LogP contribution in [0.2, 0.25) is 0 Å². The zero-order valence-corrected chi connectivity index (χ0v) is 14.4. The third-order valence-electron chi connectivity index (χ3n) is 3.07. The van der Waals surface area contributed by atoms with E-state index in [4.69, 9.17) is 5.11 Å². The van der Waals surface area contributed by atoms with Gasteiger partial charge in [-0.15, -0.1) is 0 Å². The standard InChI is InChI=1S/C19H28O4/c1-5-7-17(20)18(21)13-15(3)9-6-8-14(2)12-16(4)10-11-19(22)23/h6,8-13,17-18,20-21H,5,7H2,1-4H3,(H,22,23)/t17?,18-/m0/s1. The van der Waals surface area contributed by atoms with E-state index in [1.165, 1.54) is 0 Å². The van der Waals surface area contributed by atoms with E-state index in [0.29, 0.717) is 6.42 Å². The SMILES string of the molecule is CCCC(O)[C@@H](O)C=C(C)C=CC=C(C)C=C(C)C=CC(=O)O. The highest BCUT2D eigenvalue weighted by Crippen LogP contribution is 2.08. The molecule has 2 atom stereocenters. The van der Waals surface area contributed by atoms with Gasteiger partial charge in [0, 0.05) is 6.08 Å². The van der Waals surface area contributed by atoms with Crippen LogP contribution in [0.4, 0.5) is 0 Å². The highest BCUT2D eigenvalue weighted by Gasteiger charge is 2.11. The van der Waals surface area contributed by atoms with Crippen molar-refractivity contribution < 1.29 is 20.1 Å². The van der Waals surface area contributed by atoms with E-state index in [0.717, 1.165) is 29.2 Å². The molecule has 0 aromatic heterocycles. The summed E-state index contributed by atoms with van der Waals surface area (Å²) in [6.45, 7) is 7.57. The minimum absolute atomic E-state index is 0.571. The summed E-state index contributed by atoms with van der Waals surface area (Å²) in [7, 11) is 0. The lowest BCUT2D eigenvalue weighted by molar-refractivity contribution is -0.131. The average Bonchev–Trinajstić information content (AvgIpc) is 2.45. The van der Waals surface area contributed by atoms with Crippen LogP contribution in [-0.2, 0) is 4.79 Å². The van der Waals surface area contributed by atoms with Crippen molar-refractivity contribution in [3.63, 3.8) is 0 Å². The number of rotatable bonds is 9. The van der Waals surface area contributed by atoms with Crippen LogP contribution in [0.15, 0.2) is 59.3 Å². The second-order valence-corrected chi connectivity index (χ2v) is 5.59. The smallest absolute Gasteiger partial charge is 0.328 e. The molecule has 0 radical (unpaired) electrons. The highest BCUT2D eigenvalue weighted by molar-refractivity contribution is 5.80. The normalized spacial score (nSPS) is 17.0. The van der Waals surface area contributed by atoms with E-state index in [1.807, 2.05) is 52.0 Å². The van der Waals surface area contributed by atoms with Gasteiger partial charge >= 0.3 is 5.97 Å². The van der Waals surface area contributed by atoms with Crippen molar-refractivity contribution in [2.24, 2.45) is 0 Å². The Kier molecular flexibility index (Phi) is 10.7. The lowest BCUT2D eigenvalue weighted by Gasteiger charge is -2.13. The number of aliphatic hydroxyl groups excluding tert-OH is 2. The molecule has 0 aliphatic carbocycles. The molecule has 0 fully saturated rings. The van der Waals surface area contributed by atoms with Crippen LogP contribution >= 0.6 is 0 Å². The zero-order chi connectivity index (χ0) is 17.8. The summed E-state index contributed by atoms with van der Waals surface area (Å²) in [4.78, 5) is 10.4. The molecule has 23 heavy (non-hydrogen) atoms. The number of aliphatic hydroxyl groups is 2. The fourth-order valence-corrected chi connectivity index (χ4v) is 1.91. The fourth-order valence-electron chi connectivity index (χ4n) is 1.91. The Hall–Kier alpha value is -1.91. The maximum atomic E-state index is 10.4. The van der Waals surface area contributed by atoms with Crippen molar-refractivity contribution in [3.8, 4) is 0 Å². The first-order valence-electron chi connectivity index (χ1n) is 7.75. The summed E-state index contributed by atoms with van der Waals surface area (Å²) in [5, 5.41) is 28.1. The lowest BCUT2D eigenvalue weighted by Crippen LogP contribution is -2.23. The van der Waals surface area contributed by atoms with Crippen LogP contribution in [-0.4, -0.2) is 33.5 Å². The van der Waals surface area contributed by atoms with Gasteiger partial charge in [0.1, 0.15) is 0 Å². The van der Waals surface area contributed by atoms with Gasteiger partial charge in [-0.05, 0) is 27.2 Å². The predicted octanol–water partition coefficient (Wildman–Crippen LogP) is 3.54. The molecular weight excluding hydrogens is 292 g/mol. The summed E-state index contributed by atoms with van der Waals surface area (Å²) in [6, 6.07) is 0. The molecule has 1 unspecified atom stereocenters. The molecular formula is C19H28O4. The summed E-state index contributed by atoms with van der Waals surface area (Å²) in [5.41, 5.74) is 2.69. The van der Waals surface area contributed by atoms with Gasteiger partial charge in [0.25, 0.3) is 0 Å². The zero-order valence-electron chi connectivity index (χ0n) is 14.4. The van der Waals surface area contributed by atoms with Gasteiger partial charge < -0.3 is 15.3 Å². The Morgan fingerprint density at radius 3 is 2.22 bits per heavy atom. The van der Waals surface area contributed by atoms with Crippen molar-refractivity contribution in [2.45, 2.75) is 52.7 Å². The quantitative estimate of drug-likeness (QED) is 0.448. The van der Waals surface area contributed by atoms with E-state index in [2.05, 4.69) is 0 Å². The third kappa shape index (κ3) is 11.3. The predicted molar refractivity (Wildman–Crippen MR) is 94.1 cm³/mol. The molecule has 0 aromatic carbocycles. The second-order valence-electron chi connectivity index (χ2n) is 5.59. The molecule has 128 valence electrons. The number of carboxylic acids is 1. The molecule has 0 rings (SSSR count). The first kappa shape index (κ1) is 21.1. The van der Waals surface area contributed by atoms with Gasteiger partial charge in [0.2, 0.25) is 0 Å². The van der Waals surface area contributed by atoms with Crippen molar-refractivity contribution in [2.75, 3.05) is 0 Å². The number of hydrogen-bond donors (Lipinski definition) is 3. The minimum Gasteiger partial charge on any atom is -0.478 e. The van der Waals surface area contributed by atoms with E-state index in [9.17, 15) is 15.0 Å². The number of carboxylic acid groups (broad SMARTS) is 1. The molecule has 0 heterocycles. The summed E-state index contributed by atoms with van der Waals surface area (Å²) in [5.74, 6) is -0.969. The summed E-state index contributed by atoms with van der Waals surface area (Å²) < 4.78 is 0. The van der Waals surface area contributed by atoms with Crippen LogP contribution in [0.1, 0.15) is 40.5 Å². The van der Waals surface area contributed by atoms with Gasteiger partial charge in [-0.3, -0.25) is 0 Å². The summed E-state index contributed by atoms with van der Waals surface area (Å²) in [6.07, 6.45) is 11.6.